The summed E-state index contributed by atoms with van der Waals surface area (Å²) in [5.41, 5.74) is 1.64. The van der Waals surface area contributed by atoms with E-state index in [2.05, 4.69) is 13.8 Å². The predicted molar refractivity (Wildman–Crippen MR) is 122 cm³/mol. The van der Waals surface area contributed by atoms with Gasteiger partial charge in [0.05, 0.1) is 13.7 Å². The molecule has 2 heterocycles. The summed E-state index contributed by atoms with van der Waals surface area (Å²) in [6, 6.07) is 7.71. The van der Waals surface area contributed by atoms with Crippen molar-refractivity contribution in [2.45, 2.75) is 39.5 Å². The van der Waals surface area contributed by atoms with Gasteiger partial charge < -0.3 is 24.1 Å². The maximum Gasteiger partial charge on any atom is 0.197 e. The van der Waals surface area contributed by atoms with Gasteiger partial charge in [0.1, 0.15) is 28.2 Å². The van der Waals surface area contributed by atoms with E-state index in [0.717, 1.165) is 24.8 Å². The molecule has 0 unspecified atom stereocenters. The number of methoxy groups -OCH3 is 1. The second-order valence-electron chi connectivity index (χ2n) is 9.70. The van der Waals surface area contributed by atoms with E-state index in [9.17, 15) is 15.0 Å². The fourth-order valence-corrected chi connectivity index (χ4v) is 5.54. The summed E-state index contributed by atoms with van der Waals surface area (Å²) < 4.78 is 17.6. The molecule has 1 fully saturated rings. The number of benzene rings is 2. The molecule has 0 saturated heterocycles. The van der Waals surface area contributed by atoms with Crippen molar-refractivity contribution < 1.29 is 24.1 Å². The van der Waals surface area contributed by atoms with Crippen molar-refractivity contribution in [1.29, 1.82) is 0 Å². The van der Waals surface area contributed by atoms with Crippen molar-refractivity contribution in [1.82, 2.24) is 0 Å². The van der Waals surface area contributed by atoms with Gasteiger partial charge in [0.15, 0.2) is 16.9 Å². The molecule has 3 aromatic rings. The third kappa shape index (κ3) is 3.29. The van der Waals surface area contributed by atoms with E-state index < -0.39 is 0 Å². The third-order valence-corrected chi connectivity index (χ3v) is 7.35. The SMILES string of the molecule is COc1cc(-c2cc(=O)c3c(O)cc4c(c3o2)C[C@H]2[C@H](CCCC2(C)C)CO4)ccc1O. The van der Waals surface area contributed by atoms with Gasteiger partial charge in [-0.2, -0.15) is 0 Å². The smallest absolute Gasteiger partial charge is 0.197 e. The number of phenols is 2. The van der Waals surface area contributed by atoms with E-state index in [0.29, 0.717) is 41.1 Å². The van der Waals surface area contributed by atoms with Gasteiger partial charge in [-0.15, -0.1) is 0 Å². The highest BCUT2D eigenvalue weighted by atomic mass is 16.5. The van der Waals surface area contributed by atoms with Crippen molar-refractivity contribution in [3.05, 3.63) is 46.1 Å². The Morgan fingerprint density at radius 3 is 2.72 bits per heavy atom. The molecule has 0 spiro atoms. The van der Waals surface area contributed by atoms with Crippen molar-refractivity contribution in [3.8, 4) is 34.3 Å². The van der Waals surface area contributed by atoms with Gasteiger partial charge in [-0.1, -0.05) is 20.3 Å². The fourth-order valence-electron chi connectivity index (χ4n) is 5.54. The minimum Gasteiger partial charge on any atom is -0.507 e. The first kappa shape index (κ1) is 20.7. The molecule has 1 aliphatic heterocycles. The average molecular weight is 437 g/mol. The third-order valence-electron chi connectivity index (χ3n) is 7.35. The zero-order valence-corrected chi connectivity index (χ0v) is 18.6. The molecule has 168 valence electrons. The zero-order valence-electron chi connectivity index (χ0n) is 18.6. The Kier molecular flexibility index (Phi) is 4.84. The van der Waals surface area contributed by atoms with Crippen LogP contribution in [0.15, 0.2) is 39.5 Å². The van der Waals surface area contributed by atoms with Gasteiger partial charge in [-0.05, 0) is 54.7 Å². The lowest BCUT2D eigenvalue weighted by molar-refractivity contribution is 0.0535. The van der Waals surface area contributed by atoms with Crippen LogP contribution in [0.25, 0.3) is 22.3 Å². The molecule has 2 aliphatic rings. The van der Waals surface area contributed by atoms with Crippen molar-refractivity contribution >= 4 is 11.0 Å². The van der Waals surface area contributed by atoms with Gasteiger partial charge in [0.25, 0.3) is 0 Å². The molecule has 32 heavy (non-hydrogen) atoms. The van der Waals surface area contributed by atoms with Crippen LogP contribution in [-0.4, -0.2) is 23.9 Å². The topological polar surface area (TPSA) is 89.1 Å². The van der Waals surface area contributed by atoms with Crippen LogP contribution in [0, 0.1) is 17.3 Å². The first-order valence-corrected chi connectivity index (χ1v) is 11.1. The average Bonchev–Trinajstić information content (AvgIpc) is 2.94. The molecular weight excluding hydrogens is 408 g/mol. The predicted octanol–water partition coefficient (Wildman–Crippen LogP) is 5.26. The molecule has 1 saturated carbocycles. The molecule has 2 aromatic carbocycles. The van der Waals surface area contributed by atoms with Gasteiger partial charge in [-0.25, -0.2) is 0 Å². The number of phenolic OH excluding ortho intramolecular Hbond substituents is 2. The van der Waals surface area contributed by atoms with Crippen molar-refractivity contribution in [3.63, 3.8) is 0 Å². The summed E-state index contributed by atoms with van der Waals surface area (Å²) in [5, 5.41) is 20.7. The summed E-state index contributed by atoms with van der Waals surface area (Å²) in [5.74, 6) is 1.92. The Hall–Kier alpha value is -3.15. The van der Waals surface area contributed by atoms with Gasteiger partial charge >= 0.3 is 0 Å². The highest BCUT2D eigenvalue weighted by Gasteiger charge is 2.42. The highest BCUT2D eigenvalue weighted by Crippen LogP contribution is 2.50. The van der Waals surface area contributed by atoms with E-state index in [1.165, 1.54) is 25.7 Å². The van der Waals surface area contributed by atoms with Crippen molar-refractivity contribution in [2.24, 2.45) is 17.3 Å². The lowest BCUT2D eigenvalue weighted by atomic mass is 9.62. The summed E-state index contributed by atoms with van der Waals surface area (Å²) in [7, 11) is 1.47. The lowest BCUT2D eigenvalue weighted by Crippen LogP contribution is -2.37. The first-order chi connectivity index (χ1) is 15.3. The van der Waals surface area contributed by atoms with Crippen LogP contribution in [0.4, 0.5) is 0 Å². The molecule has 0 radical (unpaired) electrons. The number of hydrogen-bond donors (Lipinski definition) is 2. The quantitative estimate of drug-likeness (QED) is 0.570. The summed E-state index contributed by atoms with van der Waals surface area (Å²) >= 11 is 0. The van der Waals surface area contributed by atoms with Crippen LogP contribution in [0.5, 0.6) is 23.0 Å². The largest absolute Gasteiger partial charge is 0.507 e. The van der Waals surface area contributed by atoms with E-state index >= 15 is 0 Å². The lowest BCUT2D eigenvalue weighted by Gasteiger charge is -2.43. The van der Waals surface area contributed by atoms with E-state index in [-0.39, 0.29) is 33.5 Å². The molecule has 5 rings (SSSR count). The van der Waals surface area contributed by atoms with Gasteiger partial charge in [-0.3, -0.25) is 4.79 Å². The summed E-state index contributed by atoms with van der Waals surface area (Å²) in [4.78, 5) is 13.1. The number of aromatic hydroxyl groups is 2. The number of ether oxygens (including phenoxy) is 2. The van der Waals surface area contributed by atoms with Crippen LogP contribution in [0.1, 0.15) is 38.7 Å². The van der Waals surface area contributed by atoms with E-state index in [1.54, 1.807) is 18.2 Å². The van der Waals surface area contributed by atoms with Crippen LogP contribution in [0.2, 0.25) is 0 Å². The highest BCUT2D eigenvalue weighted by molar-refractivity contribution is 5.89. The maximum atomic E-state index is 13.1. The molecule has 2 atom stereocenters. The van der Waals surface area contributed by atoms with Crippen molar-refractivity contribution in [2.75, 3.05) is 13.7 Å². The molecule has 1 aliphatic carbocycles. The Morgan fingerprint density at radius 2 is 1.94 bits per heavy atom. The Labute approximate surface area is 186 Å². The number of fused-ring (bicyclic) bond motifs is 4. The second kappa shape index (κ2) is 7.47. The fraction of sp³-hybridized carbons (Fsp3) is 0.423. The summed E-state index contributed by atoms with van der Waals surface area (Å²) in [6.07, 6.45) is 4.19. The zero-order chi connectivity index (χ0) is 22.6. The van der Waals surface area contributed by atoms with Crippen LogP contribution < -0.4 is 14.9 Å². The summed E-state index contributed by atoms with van der Waals surface area (Å²) in [6.45, 7) is 5.22. The minimum atomic E-state index is -0.322. The molecule has 0 amide bonds. The molecule has 6 heteroatoms. The molecule has 2 N–H and O–H groups in total. The van der Waals surface area contributed by atoms with Crippen LogP contribution >= 0.6 is 0 Å². The molecule has 6 nitrogen and oxygen atoms in total. The van der Waals surface area contributed by atoms with Gasteiger partial charge in [0.2, 0.25) is 0 Å². The minimum absolute atomic E-state index is 0.00451. The molecule has 0 bridgehead atoms. The monoisotopic (exact) mass is 436 g/mol. The van der Waals surface area contributed by atoms with E-state index in [4.69, 9.17) is 13.9 Å². The van der Waals surface area contributed by atoms with Crippen LogP contribution in [-0.2, 0) is 6.42 Å². The Morgan fingerprint density at radius 1 is 1.12 bits per heavy atom. The number of rotatable bonds is 2. The Bertz CT molecular complexity index is 1260. The maximum absolute atomic E-state index is 13.1. The Balaban J connectivity index is 1.72. The van der Waals surface area contributed by atoms with E-state index in [1.807, 2.05) is 0 Å². The number of hydrogen-bond acceptors (Lipinski definition) is 6. The van der Waals surface area contributed by atoms with Gasteiger partial charge in [0, 0.05) is 23.3 Å². The first-order valence-electron chi connectivity index (χ1n) is 11.1. The molecular formula is C26H28O6. The molecule has 1 aromatic heterocycles. The standard InChI is InChI=1S/C26H28O6/c1-26(2)8-4-5-15-13-31-22-12-20(29)24-19(28)11-21(32-25(24)16(22)10-17(15)26)14-6-7-18(27)23(9-14)30-3/h6-7,9,11-12,15,17,27,29H,4-5,8,10,13H2,1-3H3/t15-,17+/m1/s1. The van der Waals surface area contributed by atoms with Crippen LogP contribution in [0.3, 0.4) is 0 Å². The normalized spacial score (nSPS) is 21.8. The second-order valence-corrected chi connectivity index (χ2v) is 9.70.